The first kappa shape index (κ1) is 35.0. The number of carbonyl (C=O) groups is 6. The van der Waals surface area contributed by atoms with Crippen LogP contribution in [0.25, 0.3) is 0 Å². The Morgan fingerprint density at radius 2 is 1.56 bits per heavy atom. The Hall–Kier alpha value is -4.20. The van der Waals surface area contributed by atoms with Crippen molar-refractivity contribution in [1.82, 2.24) is 5.32 Å². The summed E-state index contributed by atoms with van der Waals surface area (Å²) >= 11 is 0. The third kappa shape index (κ3) is 10.2. The van der Waals surface area contributed by atoms with Gasteiger partial charge in [-0.1, -0.05) is 25.5 Å². The number of methoxy groups -OCH3 is 1. The molecule has 0 spiro atoms. The van der Waals surface area contributed by atoms with Crippen LogP contribution < -0.4 is 10.1 Å². The molecular weight excluding hydrogens is 570 g/mol. The molecule has 1 unspecified atom stereocenters. The molecule has 0 saturated carbocycles. The second-order valence-corrected chi connectivity index (χ2v) is 9.93. The minimum atomic E-state index is -2.32. The Balaban J connectivity index is 2.76. The summed E-state index contributed by atoms with van der Waals surface area (Å²) in [6.45, 7) is 6.98. The fourth-order valence-electron chi connectivity index (χ4n) is 4.71. The Bertz CT molecular complexity index is 1170. The summed E-state index contributed by atoms with van der Waals surface area (Å²) in [5.74, 6) is -6.99. The van der Waals surface area contributed by atoms with E-state index >= 15 is 0 Å². The first-order valence-corrected chi connectivity index (χ1v) is 13.7. The van der Waals surface area contributed by atoms with Crippen LogP contribution in [0, 0.1) is 0 Å². The average Bonchev–Trinajstić information content (AvgIpc) is 2.91. The number of hydrogen-bond acceptors (Lipinski definition) is 13. The van der Waals surface area contributed by atoms with Crippen LogP contribution in [-0.4, -0.2) is 85.7 Å². The third-order valence-electron chi connectivity index (χ3n) is 6.24. The molecule has 14 nitrogen and oxygen atoms in total. The van der Waals surface area contributed by atoms with Gasteiger partial charge < -0.3 is 38.5 Å². The molecule has 0 aromatic heterocycles. The molecule has 1 N–H and O–H groups in total. The predicted octanol–water partition coefficient (Wildman–Crippen LogP) is 1.54. The van der Waals surface area contributed by atoms with Gasteiger partial charge >= 0.3 is 35.6 Å². The lowest BCUT2D eigenvalue weighted by Gasteiger charge is -2.48. The molecule has 238 valence electrons. The fourth-order valence-corrected chi connectivity index (χ4v) is 4.71. The number of rotatable bonds is 13. The van der Waals surface area contributed by atoms with Crippen LogP contribution in [-0.2, 0) is 63.6 Å². The smallest absolute Gasteiger partial charge is 0.379 e. The Kier molecular flexibility index (Phi) is 12.9. The molecule has 1 amide bonds. The van der Waals surface area contributed by atoms with E-state index in [1.807, 2.05) is 6.92 Å². The number of aryl methyl sites for hydroxylation is 1. The molecule has 1 saturated heterocycles. The Morgan fingerprint density at radius 1 is 0.930 bits per heavy atom. The molecule has 6 atom stereocenters. The second-order valence-electron chi connectivity index (χ2n) is 9.93. The second kappa shape index (κ2) is 15.9. The van der Waals surface area contributed by atoms with Crippen molar-refractivity contribution in [3.8, 4) is 5.75 Å². The largest absolute Gasteiger partial charge is 0.464 e. The molecular formula is C29H39NO13. The number of nitrogens with one attached hydrogen (secondary N) is 1. The number of esters is 5. The monoisotopic (exact) mass is 609 g/mol. The van der Waals surface area contributed by atoms with E-state index in [-0.39, 0.29) is 5.75 Å². The van der Waals surface area contributed by atoms with Gasteiger partial charge in [0.25, 0.3) is 0 Å². The SMILES string of the molecule is CCCc1ccc(OC2(C(=O)OC)C[C@H](OC(C)=O)[C@@H](NC(C)=O)[C@H]([C@H](OC(C)=O)[C@@H](COC(C)=O)OC(C)=O)O2)cc1. The number of hydrogen-bond donors (Lipinski definition) is 1. The van der Waals surface area contributed by atoms with Crippen LogP contribution in [0.15, 0.2) is 24.3 Å². The summed E-state index contributed by atoms with van der Waals surface area (Å²) < 4.78 is 38.8. The van der Waals surface area contributed by atoms with Crippen molar-refractivity contribution in [3.63, 3.8) is 0 Å². The summed E-state index contributed by atoms with van der Waals surface area (Å²) in [5, 5.41) is 2.61. The van der Waals surface area contributed by atoms with Crippen molar-refractivity contribution in [2.24, 2.45) is 0 Å². The lowest BCUT2D eigenvalue weighted by Crippen LogP contribution is -2.70. The zero-order valence-electron chi connectivity index (χ0n) is 25.3. The van der Waals surface area contributed by atoms with Gasteiger partial charge in [-0.05, 0) is 24.1 Å². The lowest BCUT2D eigenvalue weighted by atomic mass is 9.88. The minimum Gasteiger partial charge on any atom is -0.464 e. The van der Waals surface area contributed by atoms with Crippen molar-refractivity contribution in [2.45, 2.75) is 97.0 Å². The zero-order valence-corrected chi connectivity index (χ0v) is 25.3. The molecule has 0 radical (unpaired) electrons. The van der Waals surface area contributed by atoms with Gasteiger partial charge in [-0.15, -0.1) is 0 Å². The zero-order chi connectivity index (χ0) is 32.3. The van der Waals surface area contributed by atoms with Gasteiger partial charge in [0.15, 0.2) is 12.2 Å². The normalized spacial score (nSPS) is 22.6. The summed E-state index contributed by atoms with van der Waals surface area (Å²) in [7, 11) is 1.09. The van der Waals surface area contributed by atoms with E-state index in [9.17, 15) is 28.8 Å². The standard InChI is InChI=1S/C29H39NO13/c1-8-9-21-10-12-22(13-11-21)42-29(28(36)37-7)14-23(39-18(4)33)25(30-16(2)31)27(43-29)26(41-20(6)35)24(40-19(5)34)15-38-17(3)32/h10-13,23-27H,8-9,14-15H2,1-7H3,(H,30,31)/t23-,24+,25+,26+,27+,29?/m0/s1. The molecule has 1 aromatic carbocycles. The van der Waals surface area contributed by atoms with E-state index in [1.54, 1.807) is 24.3 Å². The molecule has 1 heterocycles. The van der Waals surface area contributed by atoms with E-state index in [1.165, 1.54) is 6.92 Å². The van der Waals surface area contributed by atoms with E-state index < -0.39 is 85.0 Å². The first-order valence-electron chi connectivity index (χ1n) is 13.7. The summed E-state index contributed by atoms with van der Waals surface area (Å²) in [4.78, 5) is 74.0. The third-order valence-corrected chi connectivity index (χ3v) is 6.24. The van der Waals surface area contributed by atoms with Crippen LogP contribution in [0.5, 0.6) is 5.75 Å². The maximum atomic E-state index is 13.4. The average molecular weight is 610 g/mol. The quantitative estimate of drug-likeness (QED) is 0.252. The molecule has 1 aliphatic rings. The van der Waals surface area contributed by atoms with Crippen LogP contribution in [0.2, 0.25) is 0 Å². The first-order chi connectivity index (χ1) is 20.2. The van der Waals surface area contributed by atoms with Gasteiger partial charge in [-0.25, -0.2) is 4.79 Å². The van der Waals surface area contributed by atoms with Crippen molar-refractivity contribution in [2.75, 3.05) is 13.7 Å². The predicted molar refractivity (Wildman–Crippen MR) is 146 cm³/mol. The fraction of sp³-hybridized carbons (Fsp3) is 0.586. The van der Waals surface area contributed by atoms with Gasteiger partial charge in [0.05, 0.1) is 19.6 Å². The van der Waals surface area contributed by atoms with Gasteiger partial charge in [-0.2, -0.15) is 0 Å². The van der Waals surface area contributed by atoms with E-state index in [4.69, 9.17) is 33.2 Å². The molecule has 1 aliphatic heterocycles. The molecule has 1 fully saturated rings. The molecule has 43 heavy (non-hydrogen) atoms. The number of benzene rings is 1. The van der Waals surface area contributed by atoms with Crippen molar-refractivity contribution in [1.29, 1.82) is 0 Å². The number of ether oxygens (including phenoxy) is 7. The molecule has 14 heteroatoms. The molecule has 1 aromatic rings. The maximum absolute atomic E-state index is 13.4. The Labute approximate surface area is 249 Å². The summed E-state index contributed by atoms with van der Waals surface area (Å²) in [5.41, 5.74) is 1.01. The van der Waals surface area contributed by atoms with Crippen LogP contribution in [0.1, 0.15) is 59.9 Å². The minimum absolute atomic E-state index is 0.184. The van der Waals surface area contributed by atoms with E-state index in [0.717, 1.165) is 53.2 Å². The molecule has 2 rings (SSSR count). The van der Waals surface area contributed by atoms with Gasteiger partial charge in [-0.3, -0.25) is 24.0 Å². The summed E-state index contributed by atoms with van der Waals surface area (Å²) in [6, 6.07) is 5.53. The number of carbonyl (C=O) groups excluding carboxylic acids is 6. The van der Waals surface area contributed by atoms with Crippen LogP contribution >= 0.6 is 0 Å². The van der Waals surface area contributed by atoms with Crippen LogP contribution in [0.3, 0.4) is 0 Å². The van der Waals surface area contributed by atoms with E-state index in [2.05, 4.69) is 5.32 Å². The van der Waals surface area contributed by atoms with Gasteiger partial charge in [0.2, 0.25) is 5.91 Å². The Morgan fingerprint density at radius 3 is 2.05 bits per heavy atom. The van der Waals surface area contributed by atoms with Crippen molar-refractivity contribution in [3.05, 3.63) is 29.8 Å². The van der Waals surface area contributed by atoms with E-state index in [0.29, 0.717) is 0 Å². The van der Waals surface area contributed by atoms with Crippen LogP contribution in [0.4, 0.5) is 0 Å². The number of amides is 1. The maximum Gasteiger partial charge on any atom is 0.379 e. The topological polar surface area (TPSA) is 179 Å². The highest BCUT2D eigenvalue weighted by Crippen LogP contribution is 2.38. The molecule has 0 bridgehead atoms. The van der Waals surface area contributed by atoms with Gasteiger partial charge in [0.1, 0.15) is 24.6 Å². The lowest BCUT2D eigenvalue weighted by molar-refractivity contribution is -0.289. The molecule has 0 aliphatic carbocycles. The highest BCUT2D eigenvalue weighted by molar-refractivity contribution is 5.79. The van der Waals surface area contributed by atoms with Crippen molar-refractivity contribution >= 4 is 35.8 Å². The van der Waals surface area contributed by atoms with Gasteiger partial charge in [0, 0.05) is 34.6 Å². The highest BCUT2D eigenvalue weighted by Gasteiger charge is 2.60. The highest BCUT2D eigenvalue weighted by atomic mass is 16.7. The van der Waals surface area contributed by atoms with Crippen molar-refractivity contribution < 1.29 is 61.9 Å². The summed E-state index contributed by atoms with van der Waals surface area (Å²) in [6.07, 6.45) is -4.79.